The second kappa shape index (κ2) is 6.56. The molecule has 6 heteroatoms. The Bertz CT molecular complexity index is 554. The van der Waals surface area contributed by atoms with E-state index in [2.05, 4.69) is 4.72 Å². The van der Waals surface area contributed by atoms with E-state index in [4.69, 9.17) is 10.8 Å². The molecule has 4 N–H and O–H groups in total. The van der Waals surface area contributed by atoms with Gasteiger partial charge in [-0.15, -0.1) is 0 Å². The lowest BCUT2D eigenvalue weighted by molar-refractivity contribution is 0.242. The third-order valence-electron chi connectivity index (χ3n) is 3.21. The van der Waals surface area contributed by atoms with E-state index in [1.54, 1.807) is 12.1 Å². The van der Waals surface area contributed by atoms with Gasteiger partial charge in [0, 0.05) is 13.2 Å². The van der Waals surface area contributed by atoms with Crippen LogP contribution in [0.2, 0.25) is 0 Å². The smallest absolute Gasteiger partial charge is 0.242 e. The number of anilines is 1. The van der Waals surface area contributed by atoms with Crippen LogP contribution < -0.4 is 10.5 Å². The molecule has 5 nitrogen and oxygen atoms in total. The second-order valence-electron chi connectivity index (χ2n) is 5.86. The first-order chi connectivity index (χ1) is 9.18. The van der Waals surface area contributed by atoms with E-state index >= 15 is 0 Å². The lowest BCUT2D eigenvalue weighted by atomic mass is 9.88. The summed E-state index contributed by atoms with van der Waals surface area (Å²) in [6.45, 7) is 6.20. The summed E-state index contributed by atoms with van der Waals surface area (Å²) in [5.41, 5.74) is 6.74. The molecule has 0 radical (unpaired) electrons. The van der Waals surface area contributed by atoms with Gasteiger partial charge in [-0.05, 0) is 42.9 Å². The van der Waals surface area contributed by atoms with Gasteiger partial charge >= 0.3 is 0 Å². The number of aliphatic hydroxyl groups excluding tert-OH is 1. The summed E-state index contributed by atoms with van der Waals surface area (Å²) in [6.07, 6.45) is 1.40. The minimum absolute atomic E-state index is 0.112. The maximum Gasteiger partial charge on any atom is 0.242 e. The van der Waals surface area contributed by atoms with Crippen LogP contribution in [0.3, 0.4) is 0 Å². The Morgan fingerprint density at radius 2 is 2.00 bits per heavy atom. The maximum absolute atomic E-state index is 12.2. The molecule has 20 heavy (non-hydrogen) atoms. The number of aliphatic hydroxyl groups is 1. The molecule has 0 unspecified atom stereocenters. The van der Waals surface area contributed by atoms with Crippen molar-refractivity contribution in [3.63, 3.8) is 0 Å². The van der Waals surface area contributed by atoms with E-state index in [9.17, 15) is 8.42 Å². The highest BCUT2D eigenvalue weighted by molar-refractivity contribution is 7.89. The van der Waals surface area contributed by atoms with Crippen molar-refractivity contribution in [3.05, 3.63) is 23.8 Å². The summed E-state index contributed by atoms with van der Waals surface area (Å²) in [5, 5.41) is 8.84. The highest BCUT2D eigenvalue weighted by atomic mass is 32.2. The maximum atomic E-state index is 12.2. The Kier molecular flexibility index (Phi) is 5.56. The number of rotatable bonds is 7. The van der Waals surface area contributed by atoms with E-state index in [0.29, 0.717) is 13.0 Å². The van der Waals surface area contributed by atoms with Gasteiger partial charge in [0.1, 0.15) is 4.90 Å². The van der Waals surface area contributed by atoms with E-state index in [-0.39, 0.29) is 22.6 Å². The molecule has 1 rings (SSSR count). The zero-order valence-electron chi connectivity index (χ0n) is 12.3. The van der Waals surface area contributed by atoms with Gasteiger partial charge in [-0.2, -0.15) is 0 Å². The van der Waals surface area contributed by atoms with Gasteiger partial charge in [-0.1, -0.05) is 19.9 Å². The first-order valence-electron chi connectivity index (χ1n) is 6.65. The second-order valence-corrected chi connectivity index (χ2v) is 7.59. The molecule has 0 heterocycles. The van der Waals surface area contributed by atoms with Crippen molar-refractivity contribution in [1.82, 2.24) is 4.72 Å². The van der Waals surface area contributed by atoms with Crippen LogP contribution in [0.5, 0.6) is 0 Å². The van der Waals surface area contributed by atoms with Crippen molar-refractivity contribution in [2.45, 2.75) is 38.5 Å². The van der Waals surface area contributed by atoms with Gasteiger partial charge in [-0.3, -0.25) is 0 Å². The van der Waals surface area contributed by atoms with Gasteiger partial charge in [-0.25, -0.2) is 13.1 Å². The normalized spacial score (nSPS) is 12.6. The SMILES string of the molecule is Cc1ccc(S(=O)(=O)NCC(C)(C)CCCO)c(N)c1. The quantitative estimate of drug-likeness (QED) is 0.668. The average molecular weight is 300 g/mol. The molecule has 0 saturated heterocycles. The van der Waals surface area contributed by atoms with Crippen molar-refractivity contribution < 1.29 is 13.5 Å². The van der Waals surface area contributed by atoms with Crippen molar-refractivity contribution >= 4 is 15.7 Å². The summed E-state index contributed by atoms with van der Waals surface area (Å²) >= 11 is 0. The lowest BCUT2D eigenvalue weighted by Crippen LogP contribution is -2.34. The number of nitrogens with two attached hydrogens (primary N) is 1. The zero-order chi connectivity index (χ0) is 15.4. The summed E-state index contributed by atoms with van der Waals surface area (Å²) in [7, 11) is -3.60. The topological polar surface area (TPSA) is 92.4 Å². The van der Waals surface area contributed by atoms with Crippen molar-refractivity contribution in [3.8, 4) is 0 Å². The fourth-order valence-corrected chi connectivity index (χ4v) is 3.28. The van der Waals surface area contributed by atoms with Crippen LogP contribution >= 0.6 is 0 Å². The van der Waals surface area contributed by atoms with Crippen LogP contribution in [-0.4, -0.2) is 26.7 Å². The number of nitrogen functional groups attached to an aromatic ring is 1. The third kappa shape index (κ3) is 4.77. The average Bonchev–Trinajstić information content (AvgIpc) is 2.34. The first kappa shape index (κ1) is 16.9. The molecule has 0 aliphatic rings. The molecule has 114 valence electrons. The van der Waals surface area contributed by atoms with Crippen LogP contribution in [0.15, 0.2) is 23.1 Å². The predicted molar refractivity (Wildman–Crippen MR) is 80.9 cm³/mol. The van der Waals surface area contributed by atoms with Crippen LogP contribution in [0.1, 0.15) is 32.3 Å². The molecule has 0 spiro atoms. The molecule has 0 aliphatic carbocycles. The standard InChI is InChI=1S/C14H24N2O3S/c1-11-5-6-13(12(15)9-11)20(18,19)16-10-14(2,3)7-4-8-17/h5-6,9,16-17H,4,7-8,10,15H2,1-3H3. The molecule has 0 aromatic heterocycles. The van der Waals surface area contributed by atoms with E-state index < -0.39 is 10.0 Å². The molecule has 1 aromatic rings. The molecule has 0 fully saturated rings. The largest absolute Gasteiger partial charge is 0.398 e. The number of sulfonamides is 1. The molecule has 0 saturated carbocycles. The number of hydrogen-bond acceptors (Lipinski definition) is 4. The van der Waals surface area contributed by atoms with E-state index in [1.165, 1.54) is 6.07 Å². The van der Waals surface area contributed by atoms with Crippen LogP contribution in [0, 0.1) is 12.3 Å². The zero-order valence-corrected chi connectivity index (χ0v) is 13.1. The van der Waals surface area contributed by atoms with Gasteiger partial charge in [0.15, 0.2) is 0 Å². The summed E-state index contributed by atoms with van der Waals surface area (Å²) in [5.74, 6) is 0. The molecule has 0 aliphatic heterocycles. The number of nitrogens with one attached hydrogen (secondary N) is 1. The van der Waals surface area contributed by atoms with E-state index in [0.717, 1.165) is 12.0 Å². The Labute approximate surface area is 121 Å². The van der Waals surface area contributed by atoms with Crippen LogP contribution in [-0.2, 0) is 10.0 Å². The Balaban J connectivity index is 2.80. The summed E-state index contributed by atoms with van der Waals surface area (Å²) in [4.78, 5) is 0.112. The fraction of sp³-hybridized carbons (Fsp3) is 0.571. The van der Waals surface area contributed by atoms with Gasteiger partial charge in [0.2, 0.25) is 10.0 Å². The van der Waals surface area contributed by atoms with Crippen molar-refractivity contribution in [2.75, 3.05) is 18.9 Å². The number of hydrogen-bond donors (Lipinski definition) is 3. The highest BCUT2D eigenvalue weighted by Crippen LogP contribution is 2.23. The molecule has 0 atom stereocenters. The summed E-state index contributed by atoms with van der Waals surface area (Å²) in [6, 6.07) is 4.89. The minimum Gasteiger partial charge on any atom is -0.398 e. The van der Waals surface area contributed by atoms with Gasteiger partial charge < -0.3 is 10.8 Å². The van der Waals surface area contributed by atoms with Crippen molar-refractivity contribution in [1.29, 1.82) is 0 Å². The van der Waals surface area contributed by atoms with E-state index in [1.807, 2.05) is 20.8 Å². The highest BCUT2D eigenvalue weighted by Gasteiger charge is 2.23. The van der Waals surface area contributed by atoms with Crippen LogP contribution in [0.4, 0.5) is 5.69 Å². The predicted octanol–water partition coefficient (Wildman–Crippen LogP) is 1.65. The molecular weight excluding hydrogens is 276 g/mol. The number of aryl methyl sites for hydroxylation is 1. The first-order valence-corrected chi connectivity index (χ1v) is 8.13. The third-order valence-corrected chi connectivity index (χ3v) is 4.68. The Hall–Kier alpha value is -1.11. The molecule has 0 bridgehead atoms. The Morgan fingerprint density at radius 3 is 2.55 bits per heavy atom. The molecule has 0 amide bonds. The monoisotopic (exact) mass is 300 g/mol. The van der Waals surface area contributed by atoms with Gasteiger partial charge in [0.05, 0.1) is 5.69 Å². The fourth-order valence-electron chi connectivity index (χ4n) is 1.93. The summed E-state index contributed by atoms with van der Waals surface area (Å²) < 4.78 is 27.1. The van der Waals surface area contributed by atoms with Gasteiger partial charge in [0.25, 0.3) is 0 Å². The Morgan fingerprint density at radius 1 is 1.35 bits per heavy atom. The molecule has 1 aromatic carbocycles. The lowest BCUT2D eigenvalue weighted by Gasteiger charge is -2.24. The van der Waals surface area contributed by atoms with Crippen LogP contribution in [0.25, 0.3) is 0 Å². The van der Waals surface area contributed by atoms with Crippen molar-refractivity contribution in [2.24, 2.45) is 5.41 Å². The minimum atomic E-state index is -3.60. The number of benzene rings is 1. The molecular formula is C14H24N2O3S.